The quantitative estimate of drug-likeness (QED) is 0.664. The van der Waals surface area contributed by atoms with Crippen molar-refractivity contribution in [3.63, 3.8) is 0 Å². The van der Waals surface area contributed by atoms with Gasteiger partial charge in [0.2, 0.25) is 0 Å². The summed E-state index contributed by atoms with van der Waals surface area (Å²) in [6.45, 7) is 0.464. The minimum atomic E-state index is -0.436. The Morgan fingerprint density at radius 2 is 2.05 bits per heavy atom. The van der Waals surface area contributed by atoms with E-state index in [0.29, 0.717) is 23.3 Å². The molecule has 8 heteroatoms. The van der Waals surface area contributed by atoms with E-state index in [1.165, 1.54) is 12.1 Å². The Morgan fingerprint density at radius 3 is 2.63 bits per heavy atom. The lowest BCUT2D eigenvalue weighted by Crippen LogP contribution is -2.02. The van der Waals surface area contributed by atoms with Crippen LogP contribution < -0.4 is 0 Å². The van der Waals surface area contributed by atoms with E-state index in [-0.39, 0.29) is 12.3 Å². The minimum absolute atomic E-state index is 0.00875. The van der Waals surface area contributed by atoms with Crippen LogP contribution >= 0.6 is 15.9 Å². The summed E-state index contributed by atoms with van der Waals surface area (Å²) in [5, 5.41) is 27.3. The molecule has 100 valence electrons. The maximum atomic E-state index is 10.5. The molecule has 0 fully saturated rings. The molecule has 2 rings (SSSR count). The third kappa shape index (κ3) is 3.15. The molecular formula is C11H11BrN4O3. The molecule has 1 aromatic heterocycles. The van der Waals surface area contributed by atoms with Gasteiger partial charge in [0.15, 0.2) is 0 Å². The van der Waals surface area contributed by atoms with Gasteiger partial charge in [-0.25, -0.2) is 4.68 Å². The maximum Gasteiger partial charge on any atom is 0.269 e. The normalized spacial score (nSPS) is 10.6. The lowest BCUT2D eigenvalue weighted by atomic mass is 10.2. The molecular weight excluding hydrogens is 316 g/mol. The Hall–Kier alpha value is -1.80. The highest BCUT2D eigenvalue weighted by molar-refractivity contribution is 9.10. The zero-order valence-electron chi connectivity index (χ0n) is 9.86. The smallest absolute Gasteiger partial charge is 0.269 e. The molecule has 1 aromatic carbocycles. The number of hydrogen-bond donors (Lipinski definition) is 1. The average molecular weight is 327 g/mol. The first-order valence-corrected chi connectivity index (χ1v) is 6.33. The van der Waals surface area contributed by atoms with Crippen molar-refractivity contribution in [3.8, 4) is 0 Å². The Labute approximate surface area is 117 Å². The van der Waals surface area contributed by atoms with Gasteiger partial charge in [-0.15, -0.1) is 5.10 Å². The molecule has 0 saturated heterocycles. The molecule has 1 heterocycles. The van der Waals surface area contributed by atoms with E-state index in [1.807, 2.05) is 0 Å². The second-order valence-electron chi connectivity index (χ2n) is 3.88. The number of non-ortho nitro benzene ring substituents is 1. The average Bonchev–Trinajstić information content (AvgIpc) is 2.73. The molecule has 0 atom stereocenters. The molecule has 0 radical (unpaired) electrons. The van der Waals surface area contributed by atoms with Crippen LogP contribution in [0.5, 0.6) is 0 Å². The third-order valence-corrected chi connectivity index (χ3v) is 3.43. The van der Waals surface area contributed by atoms with Crippen molar-refractivity contribution in [1.82, 2.24) is 15.0 Å². The van der Waals surface area contributed by atoms with Crippen LogP contribution in [0.25, 0.3) is 0 Å². The first kappa shape index (κ1) is 13.6. The predicted molar refractivity (Wildman–Crippen MR) is 70.7 cm³/mol. The summed E-state index contributed by atoms with van der Waals surface area (Å²) < 4.78 is 2.34. The maximum absolute atomic E-state index is 10.5. The summed E-state index contributed by atoms with van der Waals surface area (Å²) in [6.07, 6.45) is 0.431. The molecule has 0 unspecified atom stereocenters. The summed E-state index contributed by atoms with van der Waals surface area (Å²) in [5.41, 5.74) is 1.62. The van der Waals surface area contributed by atoms with Crippen molar-refractivity contribution < 1.29 is 10.0 Å². The fourth-order valence-electron chi connectivity index (χ4n) is 1.59. The van der Waals surface area contributed by atoms with Crippen molar-refractivity contribution in [2.45, 2.75) is 13.0 Å². The Bertz CT molecular complexity index is 582. The molecule has 0 aliphatic carbocycles. The first-order chi connectivity index (χ1) is 9.11. The third-order valence-electron chi connectivity index (χ3n) is 2.57. The summed E-state index contributed by atoms with van der Waals surface area (Å²) >= 11 is 3.37. The van der Waals surface area contributed by atoms with Crippen LogP contribution in [-0.2, 0) is 13.0 Å². The fourth-order valence-corrected chi connectivity index (χ4v) is 2.07. The van der Waals surface area contributed by atoms with Crippen molar-refractivity contribution in [1.29, 1.82) is 0 Å². The van der Waals surface area contributed by atoms with E-state index in [9.17, 15) is 10.1 Å². The Balaban J connectivity index is 2.14. The van der Waals surface area contributed by atoms with Crippen molar-refractivity contribution in [3.05, 3.63) is 50.2 Å². The molecule has 0 bridgehead atoms. The highest BCUT2D eigenvalue weighted by Gasteiger charge is 2.10. The van der Waals surface area contributed by atoms with Crippen LogP contribution in [0.15, 0.2) is 28.9 Å². The van der Waals surface area contributed by atoms with Gasteiger partial charge in [-0.2, -0.15) is 0 Å². The molecule has 0 aliphatic heterocycles. The molecule has 1 N–H and O–H groups in total. The molecule has 0 saturated carbocycles. The summed E-state index contributed by atoms with van der Waals surface area (Å²) in [6, 6.07) is 6.26. The Kier molecular flexibility index (Phi) is 4.23. The molecule has 7 nitrogen and oxygen atoms in total. The molecule has 19 heavy (non-hydrogen) atoms. The van der Waals surface area contributed by atoms with Gasteiger partial charge in [-0.3, -0.25) is 10.1 Å². The number of halogens is 1. The number of nitrogens with zero attached hydrogens (tertiary/aromatic N) is 4. The number of nitro benzene ring substituents is 1. The number of aliphatic hydroxyl groups is 1. The number of aromatic nitrogens is 3. The highest BCUT2D eigenvalue weighted by atomic mass is 79.9. The number of benzene rings is 1. The van der Waals surface area contributed by atoms with E-state index < -0.39 is 4.92 Å². The van der Waals surface area contributed by atoms with Gasteiger partial charge in [0.1, 0.15) is 4.60 Å². The van der Waals surface area contributed by atoms with Gasteiger partial charge in [-0.1, -0.05) is 17.3 Å². The van der Waals surface area contributed by atoms with Crippen LogP contribution in [0.2, 0.25) is 0 Å². The van der Waals surface area contributed by atoms with Crippen molar-refractivity contribution in [2.24, 2.45) is 0 Å². The number of nitro groups is 1. The van der Waals surface area contributed by atoms with Crippen LogP contribution in [0.3, 0.4) is 0 Å². The van der Waals surface area contributed by atoms with Crippen molar-refractivity contribution >= 4 is 21.6 Å². The summed E-state index contributed by atoms with van der Waals surface area (Å²) in [5.74, 6) is 0. The largest absolute Gasteiger partial charge is 0.396 e. The van der Waals surface area contributed by atoms with Gasteiger partial charge in [0.25, 0.3) is 5.69 Å². The van der Waals surface area contributed by atoms with Crippen LogP contribution in [0.1, 0.15) is 11.3 Å². The zero-order valence-corrected chi connectivity index (χ0v) is 11.4. The molecule has 0 amide bonds. The highest BCUT2D eigenvalue weighted by Crippen LogP contribution is 2.17. The summed E-state index contributed by atoms with van der Waals surface area (Å²) in [4.78, 5) is 10.1. The van der Waals surface area contributed by atoms with Crippen LogP contribution in [0.4, 0.5) is 5.69 Å². The minimum Gasteiger partial charge on any atom is -0.396 e. The van der Waals surface area contributed by atoms with E-state index >= 15 is 0 Å². The number of hydrogen-bond acceptors (Lipinski definition) is 5. The Morgan fingerprint density at radius 1 is 1.37 bits per heavy atom. The number of rotatable bonds is 5. The van der Waals surface area contributed by atoms with Gasteiger partial charge in [0.05, 0.1) is 17.2 Å². The zero-order chi connectivity index (χ0) is 13.8. The second-order valence-corrected chi connectivity index (χ2v) is 4.63. The molecule has 0 spiro atoms. The molecule has 2 aromatic rings. The van der Waals surface area contributed by atoms with Gasteiger partial charge >= 0.3 is 0 Å². The predicted octanol–water partition coefficient (Wildman–Crippen LogP) is 1.53. The van der Waals surface area contributed by atoms with Crippen LogP contribution in [0, 0.1) is 10.1 Å². The summed E-state index contributed by atoms with van der Waals surface area (Å²) in [7, 11) is 0. The van der Waals surface area contributed by atoms with Crippen LogP contribution in [-0.4, -0.2) is 31.6 Å². The first-order valence-electron chi connectivity index (χ1n) is 5.54. The second kappa shape index (κ2) is 5.89. The molecule has 0 aliphatic rings. The van der Waals surface area contributed by atoms with Gasteiger partial charge in [-0.05, 0) is 21.5 Å². The monoisotopic (exact) mass is 326 g/mol. The van der Waals surface area contributed by atoms with E-state index in [4.69, 9.17) is 5.11 Å². The van der Waals surface area contributed by atoms with Gasteiger partial charge in [0, 0.05) is 25.2 Å². The number of aliphatic hydroxyl groups excluding tert-OH is 1. The van der Waals surface area contributed by atoms with E-state index in [0.717, 1.165) is 5.56 Å². The van der Waals surface area contributed by atoms with Crippen molar-refractivity contribution in [2.75, 3.05) is 6.61 Å². The van der Waals surface area contributed by atoms with Gasteiger partial charge < -0.3 is 5.11 Å². The fraction of sp³-hybridized carbons (Fsp3) is 0.273. The lowest BCUT2D eigenvalue weighted by molar-refractivity contribution is -0.384. The topological polar surface area (TPSA) is 94.1 Å². The lowest BCUT2D eigenvalue weighted by Gasteiger charge is -2.02. The SMILES string of the molecule is O=[N+]([O-])c1ccc(Cn2nnc(CCO)c2Br)cc1. The standard InChI is InChI=1S/C11H11BrN4O3/c12-11-10(5-6-17)13-14-15(11)7-8-1-3-9(4-2-8)16(18)19/h1-4,17H,5-7H2. The van der Waals surface area contributed by atoms with E-state index in [2.05, 4.69) is 26.2 Å². The van der Waals surface area contributed by atoms with E-state index in [1.54, 1.807) is 16.8 Å².